The standard InChI is InChI=1S/C9H17NO2S/c1-2-6-13(11,12)8-9-4-3-5-10-7-9/h2,9-10H,1,3-8H2. The number of sulfone groups is 1. The molecule has 1 unspecified atom stereocenters. The third-order valence-corrected chi connectivity index (χ3v) is 3.98. The van der Waals surface area contributed by atoms with Gasteiger partial charge in [0.25, 0.3) is 0 Å². The minimum atomic E-state index is -2.89. The topological polar surface area (TPSA) is 46.2 Å². The van der Waals surface area contributed by atoms with E-state index in [1.54, 1.807) is 0 Å². The molecule has 0 aliphatic carbocycles. The normalized spacial score (nSPS) is 24.2. The van der Waals surface area contributed by atoms with E-state index in [4.69, 9.17) is 0 Å². The van der Waals surface area contributed by atoms with Gasteiger partial charge in [-0.2, -0.15) is 0 Å². The molecule has 13 heavy (non-hydrogen) atoms. The number of piperidine rings is 1. The van der Waals surface area contributed by atoms with Crippen molar-refractivity contribution < 1.29 is 8.42 Å². The summed E-state index contributed by atoms with van der Waals surface area (Å²) in [5.41, 5.74) is 0. The fourth-order valence-corrected chi connectivity index (χ4v) is 3.17. The molecule has 3 nitrogen and oxygen atoms in total. The number of hydrogen-bond acceptors (Lipinski definition) is 3. The molecule has 0 aromatic carbocycles. The van der Waals surface area contributed by atoms with Crippen molar-refractivity contribution in [3.05, 3.63) is 12.7 Å². The Bertz CT molecular complexity index is 253. The first-order chi connectivity index (χ1) is 6.14. The van der Waals surface area contributed by atoms with Gasteiger partial charge < -0.3 is 5.32 Å². The van der Waals surface area contributed by atoms with Crippen LogP contribution in [0.25, 0.3) is 0 Å². The molecule has 1 aliphatic heterocycles. The van der Waals surface area contributed by atoms with E-state index in [2.05, 4.69) is 11.9 Å². The van der Waals surface area contributed by atoms with Crippen molar-refractivity contribution in [1.82, 2.24) is 5.32 Å². The Balaban J connectivity index is 2.41. The highest BCUT2D eigenvalue weighted by Crippen LogP contribution is 2.12. The van der Waals surface area contributed by atoms with Gasteiger partial charge >= 0.3 is 0 Å². The second-order valence-electron chi connectivity index (χ2n) is 3.58. The van der Waals surface area contributed by atoms with Crippen molar-refractivity contribution in [3.8, 4) is 0 Å². The molecular formula is C9H17NO2S. The lowest BCUT2D eigenvalue weighted by Gasteiger charge is -2.22. The van der Waals surface area contributed by atoms with Crippen LogP contribution >= 0.6 is 0 Å². The fraction of sp³-hybridized carbons (Fsp3) is 0.778. The molecule has 0 aromatic rings. The highest BCUT2D eigenvalue weighted by molar-refractivity contribution is 7.91. The molecular weight excluding hydrogens is 186 g/mol. The van der Waals surface area contributed by atoms with Crippen molar-refractivity contribution in [2.75, 3.05) is 24.6 Å². The maximum atomic E-state index is 11.4. The molecule has 0 radical (unpaired) electrons. The van der Waals surface area contributed by atoms with E-state index in [1.807, 2.05) is 0 Å². The SMILES string of the molecule is C=CCS(=O)(=O)CC1CCCNC1. The Morgan fingerprint density at radius 1 is 1.54 bits per heavy atom. The van der Waals surface area contributed by atoms with Crippen LogP contribution in [0.15, 0.2) is 12.7 Å². The fourth-order valence-electron chi connectivity index (χ4n) is 1.67. The summed E-state index contributed by atoms with van der Waals surface area (Å²) in [5, 5.41) is 3.21. The predicted molar refractivity (Wildman–Crippen MR) is 54.4 cm³/mol. The lowest BCUT2D eigenvalue weighted by Crippen LogP contribution is -2.34. The average Bonchev–Trinajstić information content (AvgIpc) is 2.04. The van der Waals surface area contributed by atoms with Gasteiger partial charge in [-0.25, -0.2) is 8.42 Å². The molecule has 1 rings (SSSR count). The molecule has 1 N–H and O–H groups in total. The Hall–Kier alpha value is -0.350. The van der Waals surface area contributed by atoms with E-state index in [9.17, 15) is 8.42 Å². The largest absolute Gasteiger partial charge is 0.316 e. The van der Waals surface area contributed by atoms with Gasteiger partial charge in [0, 0.05) is 0 Å². The summed E-state index contributed by atoms with van der Waals surface area (Å²) in [6.07, 6.45) is 3.59. The maximum absolute atomic E-state index is 11.4. The van der Waals surface area contributed by atoms with E-state index in [0.29, 0.717) is 11.7 Å². The van der Waals surface area contributed by atoms with E-state index in [-0.39, 0.29) is 5.75 Å². The van der Waals surface area contributed by atoms with Crippen LogP contribution in [0.4, 0.5) is 0 Å². The second-order valence-corrected chi connectivity index (χ2v) is 5.73. The Morgan fingerprint density at radius 2 is 2.31 bits per heavy atom. The summed E-state index contributed by atoms with van der Waals surface area (Å²) in [6, 6.07) is 0. The molecule has 1 fully saturated rings. The van der Waals surface area contributed by atoms with E-state index in [1.165, 1.54) is 6.08 Å². The van der Waals surface area contributed by atoms with Gasteiger partial charge in [-0.3, -0.25) is 0 Å². The monoisotopic (exact) mass is 203 g/mol. The Morgan fingerprint density at radius 3 is 2.85 bits per heavy atom. The van der Waals surface area contributed by atoms with Crippen molar-refractivity contribution in [1.29, 1.82) is 0 Å². The van der Waals surface area contributed by atoms with Crippen LogP contribution in [0.1, 0.15) is 12.8 Å². The molecule has 76 valence electrons. The summed E-state index contributed by atoms with van der Waals surface area (Å²) in [7, 11) is -2.89. The number of hydrogen-bond donors (Lipinski definition) is 1. The third-order valence-electron chi connectivity index (χ3n) is 2.26. The van der Waals surface area contributed by atoms with Crippen LogP contribution < -0.4 is 5.32 Å². The first-order valence-corrected chi connectivity index (χ1v) is 6.48. The van der Waals surface area contributed by atoms with Gasteiger partial charge in [0.15, 0.2) is 9.84 Å². The summed E-state index contributed by atoms with van der Waals surface area (Å²) in [6.45, 7) is 5.31. The molecule has 0 spiro atoms. The van der Waals surface area contributed by atoms with Crippen LogP contribution in [0.2, 0.25) is 0 Å². The third kappa shape index (κ3) is 3.91. The number of rotatable bonds is 4. The minimum absolute atomic E-state index is 0.115. The van der Waals surface area contributed by atoms with Crippen LogP contribution in [0, 0.1) is 5.92 Å². The van der Waals surface area contributed by atoms with Crippen LogP contribution in [-0.2, 0) is 9.84 Å². The zero-order valence-electron chi connectivity index (χ0n) is 7.83. The van der Waals surface area contributed by atoms with Gasteiger partial charge in [0.1, 0.15) is 0 Å². The highest BCUT2D eigenvalue weighted by atomic mass is 32.2. The first-order valence-electron chi connectivity index (χ1n) is 4.66. The van der Waals surface area contributed by atoms with Crippen molar-refractivity contribution in [2.24, 2.45) is 5.92 Å². The van der Waals surface area contributed by atoms with Gasteiger partial charge in [-0.1, -0.05) is 6.08 Å². The van der Waals surface area contributed by atoms with Crippen molar-refractivity contribution >= 4 is 9.84 Å². The number of nitrogens with one attached hydrogen (secondary N) is 1. The van der Waals surface area contributed by atoms with E-state index < -0.39 is 9.84 Å². The second kappa shape index (κ2) is 4.77. The zero-order chi connectivity index (χ0) is 9.73. The van der Waals surface area contributed by atoms with Gasteiger partial charge in [-0.05, 0) is 31.8 Å². The Kier molecular flexibility index (Phi) is 3.93. The maximum Gasteiger partial charge on any atom is 0.154 e. The zero-order valence-corrected chi connectivity index (χ0v) is 8.65. The predicted octanol–water partition coefficient (Wildman–Crippen LogP) is 0.587. The van der Waals surface area contributed by atoms with E-state index in [0.717, 1.165) is 25.9 Å². The smallest absolute Gasteiger partial charge is 0.154 e. The quantitative estimate of drug-likeness (QED) is 0.680. The molecule has 1 saturated heterocycles. The lowest BCUT2D eigenvalue weighted by atomic mass is 10.0. The van der Waals surface area contributed by atoms with Crippen molar-refractivity contribution in [3.63, 3.8) is 0 Å². The van der Waals surface area contributed by atoms with Crippen LogP contribution in [0.3, 0.4) is 0 Å². The molecule has 4 heteroatoms. The first kappa shape index (κ1) is 10.7. The van der Waals surface area contributed by atoms with Gasteiger partial charge in [-0.15, -0.1) is 6.58 Å². The Labute approximate surface area is 80.1 Å². The van der Waals surface area contributed by atoms with E-state index >= 15 is 0 Å². The summed E-state index contributed by atoms with van der Waals surface area (Å²) >= 11 is 0. The molecule has 0 bridgehead atoms. The molecule has 1 aliphatic rings. The highest BCUT2D eigenvalue weighted by Gasteiger charge is 2.19. The van der Waals surface area contributed by atoms with Gasteiger partial charge in [0.05, 0.1) is 11.5 Å². The molecule has 0 aromatic heterocycles. The van der Waals surface area contributed by atoms with Crippen LogP contribution in [-0.4, -0.2) is 33.0 Å². The molecule has 0 saturated carbocycles. The average molecular weight is 203 g/mol. The van der Waals surface area contributed by atoms with Gasteiger partial charge in [0.2, 0.25) is 0 Å². The summed E-state index contributed by atoms with van der Waals surface area (Å²) < 4.78 is 22.8. The lowest BCUT2D eigenvalue weighted by molar-refractivity contribution is 0.404. The molecule has 1 heterocycles. The molecule has 1 atom stereocenters. The minimum Gasteiger partial charge on any atom is -0.316 e. The van der Waals surface area contributed by atoms with Crippen molar-refractivity contribution in [2.45, 2.75) is 12.8 Å². The van der Waals surface area contributed by atoms with Crippen LogP contribution in [0.5, 0.6) is 0 Å². The summed E-state index contributed by atoms with van der Waals surface area (Å²) in [4.78, 5) is 0. The molecule has 0 amide bonds. The summed E-state index contributed by atoms with van der Waals surface area (Å²) in [5.74, 6) is 0.730.